The largest absolute Gasteiger partial charge is 0.326 e. The zero-order chi connectivity index (χ0) is 12.4. The SMILES string of the molecule is CN(C(=O)C(C)(C)N(C)C)C(C)(C)C#N. The van der Waals surface area contributed by atoms with Gasteiger partial charge >= 0.3 is 0 Å². The summed E-state index contributed by atoms with van der Waals surface area (Å²) in [6, 6.07) is 2.12. The second kappa shape index (κ2) is 4.19. The fraction of sp³-hybridized carbons (Fsp3) is 0.818. The molecule has 15 heavy (non-hydrogen) atoms. The van der Waals surface area contributed by atoms with E-state index < -0.39 is 11.1 Å². The third-order valence-electron chi connectivity index (χ3n) is 3.06. The molecule has 0 spiro atoms. The molecule has 1 amide bonds. The van der Waals surface area contributed by atoms with Crippen LogP contribution in [0.2, 0.25) is 0 Å². The first-order valence-electron chi connectivity index (χ1n) is 4.94. The summed E-state index contributed by atoms with van der Waals surface area (Å²) in [7, 11) is 5.37. The number of hydrogen-bond donors (Lipinski definition) is 0. The molecule has 0 N–H and O–H groups in total. The van der Waals surface area contributed by atoms with Gasteiger partial charge in [-0.15, -0.1) is 0 Å². The van der Waals surface area contributed by atoms with E-state index in [1.807, 2.05) is 32.8 Å². The molecular formula is C11H21N3O. The van der Waals surface area contributed by atoms with Crippen molar-refractivity contribution in [3.05, 3.63) is 0 Å². The van der Waals surface area contributed by atoms with Crippen molar-refractivity contribution in [3.63, 3.8) is 0 Å². The highest BCUT2D eigenvalue weighted by molar-refractivity contribution is 5.86. The van der Waals surface area contributed by atoms with Gasteiger partial charge in [-0.2, -0.15) is 5.26 Å². The van der Waals surface area contributed by atoms with Crippen molar-refractivity contribution in [3.8, 4) is 6.07 Å². The van der Waals surface area contributed by atoms with Crippen LogP contribution < -0.4 is 0 Å². The zero-order valence-corrected chi connectivity index (χ0v) is 10.7. The Morgan fingerprint density at radius 3 is 1.80 bits per heavy atom. The average Bonchev–Trinajstić information content (AvgIpc) is 2.15. The molecule has 0 aromatic heterocycles. The van der Waals surface area contributed by atoms with Crippen LogP contribution in [0.1, 0.15) is 27.7 Å². The molecule has 0 saturated heterocycles. The van der Waals surface area contributed by atoms with Crippen LogP contribution in [-0.2, 0) is 4.79 Å². The van der Waals surface area contributed by atoms with Gasteiger partial charge in [0.15, 0.2) is 0 Å². The van der Waals surface area contributed by atoms with Crippen LogP contribution in [0.25, 0.3) is 0 Å². The minimum Gasteiger partial charge on any atom is -0.326 e. The van der Waals surface area contributed by atoms with Crippen molar-refractivity contribution in [2.24, 2.45) is 0 Å². The lowest BCUT2D eigenvalue weighted by molar-refractivity contribution is -0.143. The molecule has 0 aromatic rings. The lowest BCUT2D eigenvalue weighted by Crippen LogP contribution is -2.57. The Morgan fingerprint density at radius 2 is 1.53 bits per heavy atom. The molecule has 0 radical (unpaired) electrons. The summed E-state index contributed by atoms with van der Waals surface area (Å²) in [6.45, 7) is 7.16. The molecule has 0 aliphatic heterocycles. The van der Waals surface area contributed by atoms with Crippen molar-refractivity contribution in [1.82, 2.24) is 9.80 Å². The number of carbonyl (C=O) groups is 1. The maximum Gasteiger partial charge on any atom is 0.243 e. The number of hydrogen-bond acceptors (Lipinski definition) is 3. The number of nitriles is 1. The Kier molecular flexibility index (Phi) is 3.89. The predicted octanol–water partition coefficient (Wildman–Crippen LogP) is 1.09. The number of rotatable bonds is 3. The summed E-state index contributed by atoms with van der Waals surface area (Å²) in [5.41, 5.74) is -1.37. The molecular weight excluding hydrogens is 190 g/mol. The van der Waals surface area contributed by atoms with Crippen molar-refractivity contribution in [2.75, 3.05) is 21.1 Å². The van der Waals surface area contributed by atoms with E-state index in [1.54, 1.807) is 20.9 Å². The van der Waals surface area contributed by atoms with Crippen LogP contribution in [0, 0.1) is 11.3 Å². The summed E-state index contributed by atoms with van der Waals surface area (Å²) in [5, 5.41) is 8.96. The highest BCUT2D eigenvalue weighted by Gasteiger charge is 2.38. The molecule has 86 valence electrons. The number of nitrogens with zero attached hydrogens (tertiary/aromatic N) is 3. The van der Waals surface area contributed by atoms with E-state index in [1.165, 1.54) is 4.90 Å². The van der Waals surface area contributed by atoms with Gasteiger partial charge in [0.05, 0.1) is 11.6 Å². The monoisotopic (exact) mass is 211 g/mol. The highest BCUT2D eigenvalue weighted by Crippen LogP contribution is 2.19. The van der Waals surface area contributed by atoms with Crippen molar-refractivity contribution < 1.29 is 4.79 Å². The summed E-state index contributed by atoms with van der Waals surface area (Å²) in [5.74, 6) is -0.0564. The van der Waals surface area contributed by atoms with E-state index in [-0.39, 0.29) is 5.91 Å². The molecule has 4 nitrogen and oxygen atoms in total. The molecule has 0 atom stereocenters. The number of carbonyl (C=O) groups excluding carboxylic acids is 1. The molecule has 0 saturated carbocycles. The van der Waals surface area contributed by atoms with Gasteiger partial charge in [-0.25, -0.2) is 0 Å². The number of likely N-dealkylation sites (N-methyl/N-ethyl adjacent to an activating group) is 2. The zero-order valence-electron chi connectivity index (χ0n) is 10.7. The van der Waals surface area contributed by atoms with Crippen LogP contribution in [0.3, 0.4) is 0 Å². The lowest BCUT2D eigenvalue weighted by atomic mass is 9.97. The molecule has 0 unspecified atom stereocenters. The fourth-order valence-corrected chi connectivity index (χ4v) is 0.931. The number of amides is 1. The van der Waals surface area contributed by atoms with Gasteiger partial charge < -0.3 is 4.90 Å². The van der Waals surface area contributed by atoms with Crippen LogP contribution >= 0.6 is 0 Å². The van der Waals surface area contributed by atoms with Gasteiger partial charge in [-0.1, -0.05) is 0 Å². The second-order valence-electron chi connectivity index (χ2n) is 4.99. The van der Waals surface area contributed by atoms with Gasteiger partial charge in [0.2, 0.25) is 5.91 Å². The van der Waals surface area contributed by atoms with Crippen molar-refractivity contribution in [2.45, 2.75) is 38.8 Å². The predicted molar refractivity (Wildman–Crippen MR) is 60.2 cm³/mol. The Hall–Kier alpha value is -1.08. The Bertz CT molecular complexity index is 287. The van der Waals surface area contributed by atoms with E-state index in [9.17, 15) is 4.79 Å². The standard InChI is InChI=1S/C11H21N3O/c1-10(2,8-12)14(7)9(15)11(3,4)13(5)6/h1-7H3. The normalized spacial score (nSPS) is 12.5. The fourth-order valence-electron chi connectivity index (χ4n) is 0.931. The second-order valence-corrected chi connectivity index (χ2v) is 4.99. The van der Waals surface area contributed by atoms with Gasteiger partial charge in [-0.3, -0.25) is 9.69 Å². The molecule has 0 heterocycles. The van der Waals surface area contributed by atoms with Gasteiger partial charge in [-0.05, 0) is 41.8 Å². The van der Waals surface area contributed by atoms with Gasteiger partial charge in [0, 0.05) is 7.05 Å². The minimum absolute atomic E-state index is 0.0564. The third kappa shape index (κ3) is 2.69. The third-order valence-corrected chi connectivity index (χ3v) is 3.06. The summed E-state index contributed by atoms with van der Waals surface area (Å²) >= 11 is 0. The topological polar surface area (TPSA) is 47.3 Å². The summed E-state index contributed by atoms with van der Waals surface area (Å²) in [4.78, 5) is 15.5. The van der Waals surface area contributed by atoms with E-state index >= 15 is 0 Å². The average molecular weight is 211 g/mol. The molecule has 0 aliphatic rings. The molecule has 4 heteroatoms. The van der Waals surface area contributed by atoms with Crippen LogP contribution in [0.15, 0.2) is 0 Å². The van der Waals surface area contributed by atoms with Gasteiger partial charge in [0.1, 0.15) is 5.54 Å². The lowest BCUT2D eigenvalue weighted by Gasteiger charge is -2.39. The van der Waals surface area contributed by atoms with E-state index in [0.717, 1.165) is 0 Å². The highest BCUT2D eigenvalue weighted by atomic mass is 16.2. The maximum absolute atomic E-state index is 12.1. The molecule has 0 rings (SSSR count). The Labute approximate surface area is 92.5 Å². The summed E-state index contributed by atoms with van der Waals surface area (Å²) < 4.78 is 0. The smallest absolute Gasteiger partial charge is 0.243 e. The van der Waals surface area contributed by atoms with Crippen molar-refractivity contribution in [1.29, 1.82) is 5.26 Å². The van der Waals surface area contributed by atoms with E-state index in [2.05, 4.69) is 6.07 Å². The Morgan fingerprint density at radius 1 is 1.13 bits per heavy atom. The first-order chi connectivity index (χ1) is 6.57. The molecule has 0 bridgehead atoms. The molecule has 0 aliphatic carbocycles. The van der Waals surface area contributed by atoms with Crippen LogP contribution in [0.5, 0.6) is 0 Å². The Balaban J connectivity index is 4.98. The van der Waals surface area contributed by atoms with Gasteiger partial charge in [0.25, 0.3) is 0 Å². The molecule has 0 aromatic carbocycles. The van der Waals surface area contributed by atoms with E-state index in [4.69, 9.17) is 5.26 Å². The first-order valence-corrected chi connectivity index (χ1v) is 4.94. The quantitative estimate of drug-likeness (QED) is 0.702. The van der Waals surface area contributed by atoms with Crippen LogP contribution in [0.4, 0.5) is 0 Å². The van der Waals surface area contributed by atoms with Crippen molar-refractivity contribution >= 4 is 5.91 Å². The molecule has 0 fully saturated rings. The summed E-state index contributed by atoms with van der Waals surface area (Å²) in [6.07, 6.45) is 0. The first kappa shape index (κ1) is 13.9. The van der Waals surface area contributed by atoms with Crippen LogP contribution in [-0.4, -0.2) is 47.9 Å². The minimum atomic E-state index is -0.773. The maximum atomic E-state index is 12.1. The van der Waals surface area contributed by atoms with E-state index in [0.29, 0.717) is 0 Å².